The standard InChI is InChI=1S/C32H36BrNO2.C26H32O3/c1-3-31(36)16-17-32(20-23-8-5-4-6-9-23)27(21-31)11-7-10-25-18-26(12-14-28(25)32)29(35)19-24-13-15-30(33)34-22(24)2;1-3-25(28)14-15-26(17-19-8-5-4-6-9-19)22(18-25)11-7-10-20-16-21(24(27)29-2)12-13-23(20)26/h4-6,8-9,12-15,18,27,36H,3,7,10-11,16-17,19-21H2,1-2H3;4-6,8-9,12-13,16,22,28H,3,7,10-11,14-15,17-18H2,1-2H3/t27-,31+,32-;22-,25+,26-/m00/s1. The van der Waals surface area contributed by atoms with Crippen LogP contribution >= 0.6 is 15.9 Å². The van der Waals surface area contributed by atoms with E-state index in [2.05, 4.69) is 126 Å². The maximum Gasteiger partial charge on any atom is 0.337 e. The highest BCUT2D eigenvalue weighted by Gasteiger charge is 2.51. The molecule has 4 aliphatic rings. The minimum Gasteiger partial charge on any atom is -0.465 e. The van der Waals surface area contributed by atoms with Gasteiger partial charge in [-0.1, -0.05) is 98.8 Å². The van der Waals surface area contributed by atoms with Crippen LogP contribution in [-0.2, 0) is 47.7 Å². The van der Waals surface area contributed by atoms with E-state index in [0.29, 0.717) is 23.8 Å². The van der Waals surface area contributed by atoms with Gasteiger partial charge in [-0.25, -0.2) is 9.78 Å². The molecule has 5 aromatic rings. The zero-order chi connectivity index (χ0) is 45.8. The van der Waals surface area contributed by atoms with E-state index >= 15 is 0 Å². The number of benzene rings is 4. The second-order valence-corrected chi connectivity index (χ2v) is 20.9. The quantitative estimate of drug-likeness (QED) is 0.0823. The normalized spacial score (nSPS) is 26.9. The SMILES string of the molecule is CC[C@@]1(O)CC[C@@]2(Cc3ccccc3)c3ccc(C(=O)Cc4ccc(Br)nc4C)cc3CCC[C@H]2C1.CC[C@@]1(O)CC[C@@]2(Cc3ccccc3)c3ccc(C(=O)OC)cc3CCC[C@H]2C1. The molecular formula is C58H68BrNO5. The topological polar surface area (TPSA) is 96.7 Å². The molecule has 2 saturated carbocycles. The van der Waals surface area contributed by atoms with Gasteiger partial charge in [0.2, 0.25) is 0 Å². The van der Waals surface area contributed by atoms with E-state index in [9.17, 15) is 19.8 Å². The van der Waals surface area contributed by atoms with Gasteiger partial charge in [0, 0.05) is 28.5 Å². The van der Waals surface area contributed by atoms with Crippen LogP contribution in [0.1, 0.15) is 156 Å². The Morgan fingerprint density at radius 3 is 1.65 bits per heavy atom. The average Bonchev–Trinajstić information content (AvgIpc) is 3.57. The number of hydrogen-bond donors (Lipinski definition) is 2. The molecule has 7 heteroatoms. The van der Waals surface area contributed by atoms with Crippen molar-refractivity contribution in [2.75, 3.05) is 7.11 Å². The molecular weight excluding hydrogens is 871 g/mol. The van der Waals surface area contributed by atoms with Crippen molar-refractivity contribution >= 4 is 27.7 Å². The van der Waals surface area contributed by atoms with Crippen molar-refractivity contribution in [1.29, 1.82) is 0 Å². The van der Waals surface area contributed by atoms with Crippen LogP contribution < -0.4 is 0 Å². The summed E-state index contributed by atoms with van der Waals surface area (Å²) in [5, 5.41) is 22.4. The van der Waals surface area contributed by atoms with Crippen LogP contribution in [0.4, 0.5) is 0 Å². The van der Waals surface area contributed by atoms with Crippen molar-refractivity contribution in [3.63, 3.8) is 0 Å². The molecule has 0 radical (unpaired) electrons. The Labute approximate surface area is 395 Å². The minimum absolute atomic E-state index is 0.00236. The third-order valence-corrected chi connectivity index (χ3v) is 16.9. The number of aromatic nitrogens is 1. The number of methoxy groups -OCH3 is 1. The smallest absolute Gasteiger partial charge is 0.337 e. The van der Waals surface area contributed by atoms with Gasteiger partial charge in [0.15, 0.2) is 5.78 Å². The van der Waals surface area contributed by atoms with Crippen LogP contribution in [0.3, 0.4) is 0 Å². The predicted octanol–water partition coefficient (Wildman–Crippen LogP) is 12.6. The zero-order valence-electron chi connectivity index (χ0n) is 39.0. The molecule has 1 heterocycles. The lowest BCUT2D eigenvalue weighted by atomic mass is 9.55. The van der Waals surface area contributed by atoms with Crippen molar-refractivity contribution in [3.05, 3.63) is 170 Å². The summed E-state index contributed by atoms with van der Waals surface area (Å²) in [4.78, 5) is 29.9. The summed E-state index contributed by atoms with van der Waals surface area (Å²) >= 11 is 3.41. The highest BCUT2D eigenvalue weighted by Crippen LogP contribution is 2.56. The third kappa shape index (κ3) is 9.99. The second kappa shape index (κ2) is 19.8. The van der Waals surface area contributed by atoms with Crippen molar-refractivity contribution in [2.45, 2.75) is 152 Å². The highest BCUT2D eigenvalue weighted by molar-refractivity contribution is 9.10. The van der Waals surface area contributed by atoms with E-state index in [4.69, 9.17) is 4.74 Å². The monoisotopic (exact) mass is 937 g/mol. The van der Waals surface area contributed by atoms with E-state index in [0.717, 1.165) is 124 Å². The van der Waals surface area contributed by atoms with Crippen LogP contribution in [0.15, 0.2) is 114 Å². The molecule has 0 aliphatic heterocycles. The fraction of sp³-hybridized carbons (Fsp3) is 0.466. The first-order valence-electron chi connectivity index (χ1n) is 24.3. The average molecular weight is 939 g/mol. The van der Waals surface area contributed by atoms with E-state index in [1.807, 2.05) is 25.1 Å². The molecule has 6 nitrogen and oxygen atoms in total. The number of esters is 1. The molecule has 9 rings (SSSR count). The number of fused-ring (bicyclic) bond motifs is 6. The van der Waals surface area contributed by atoms with Crippen molar-refractivity contribution in [3.8, 4) is 0 Å². The Balaban J connectivity index is 0.000000181. The number of ether oxygens (including phenoxy) is 1. The van der Waals surface area contributed by atoms with Gasteiger partial charge in [-0.2, -0.15) is 0 Å². The molecule has 342 valence electrons. The summed E-state index contributed by atoms with van der Waals surface area (Å²) in [5.74, 6) is 0.768. The molecule has 4 aromatic carbocycles. The van der Waals surface area contributed by atoms with E-state index in [-0.39, 0.29) is 22.6 Å². The van der Waals surface area contributed by atoms with Gasteiger partial charge in [-0.05, 0) is 201 Å². The summed E-state index contributed by atoms with van der Waals surface area (Å²) in [6.45, 7) is 6.19. The Bertz CT molecular complexity index is 2470. The number of carbonyl (C=O) groups is 2. The van der Waals surface area contributed by atoms with Crippen LogP contribution in [0.2, 0.25) is 0 Å². The number of pyridine rings is 1. The van der Waals surface area contributed by atoms with Gasteiger partial charge in [-0.3, -0.25) is 4.79 Å². The molecule has 6 atom stereocenters. The van der Waals surface area contributed by atoms with Crippen molar-refractivity contribution < 1.29 is 24.5 Å². The summed E-state index contributed by atoms with van der Waals surface area (Å²) < 4.78 is 5.75. The number of nitrogens with zero attached hydrogens (tertiary/aromatic N) is 1. The molecule has 65 heavy (non-hydrogen) atoms. The Morgan fingerprint density at radius 1 is 0.677 bits per heavy atom. The van der Waals surface area contributed by atoms with Gasteiger partial charge < -0.3 is 14.9 Å². The fourth-order valence-electron chi connectivity index (χ4n) is 12.6. The lowest BCUT2D eigenvalue weighted by Crippen LogP contribution is -2.48. The van der Waals surface area contributed by atoms with Crippen molar-refractivity contribution in [2.24, 2.45) is 11.8 Å². The first-order valence-corrected chi connectivity index (χ1v) is 25.1. The van der Waals surface area contributed by atoms with Gasteiger partial charge in [0.25, 0.3) is 0 Å². The zero-order valence-corrected chi connectivity index (χ0v) is 40.6. The fourth-order valence-corrected chi connectivity index (χ4v) is 13.0. The van der Waals surface area contributed by atoms with E-state index in [1.165, 1.54) is 40.5 Å². The summed E-state index contributed by atoms with van der Waals surface area (Å²) in [6, 6.07) is 38.1. The first kappa shape index (κ1) is 47.1. The minimum atomic E-state index is -0.554. The molecule has 2 fully saturated rings. The Hall–Kier alpha value is -4.43. The number of aryl methyl sites for hydroxylation is 3. The van der Waals surface area contributed by atoms with E-state index in [1.54, 1.807) is 0 Å². The molecule has 4 aliphatic carbocycles. The van der Waals surface area contributed by atoms with Crippen LogP contribution in [-0.4, -0.2) is 45.3 Å². The number of Topliss-reactive ketones (excluding diaryl/α,β-unsaturated/α-hetero) is 1. The van der Waals surface area contributed by atoms with Crippen LogP contribution in [0.5, 0.6) is 0 Å². The molecule has 0 bridgehead atoms. The number of hydrogen-bond acceptors (Lipinski definition) is 6. The largest absolute Gasteiger partial charge is 0.465 e. The molecule has 0 saturated heterocycles. The predicted molar refractivity (Wildman–Crippen MR) is 264 cm³/mol. The van der Waals surface area contributed by atoms with Crippen LogP contribution in [0.25, 0.3) is 0 Å². The maximum atomic E-state index is 13.3. The molecule has 0 spiro atoms. The van der Waals surface area contributed by atoms with Gasteiger partial charge in [-0.15, -0.1) is 0 Å². The number of rotatable bonds is 10. The maximum absolute atomic E-state index is 13.3. The van der Waals surface area contributed by atoms with Crippen molar-refractivity contribution in [1.82, 2.24) is 4.98 Å². The second-order valence-electron chi connectivity index (χ2n) is 20.1. The molecule has 1 aromatic heterocycles. The number of halogens is 1. The van der Waals surface area contributed by atoms with Crippen LogP contribution in [0, 0.1) is 18.8 Å². The summed E-state index contributed by atoms with van der Waals surface area (Å²) in [7, 11) is 1.44. The Kier molecular flexibility index (Phi) is 14.3. The number of ketones is 1. The van der Waals surface area contributed by atoms with E-state index < -0.39 is 11.2 Å². The lowest BCUT2D eigenvalue weighted by molar-refractivity contribution is -0.0500. The van der Waals surface area contributed by atoms with Gasteiger partial charge in [0.1, 0.15) is 4.60 Å². The summed E-state index contributed by atoms with van der Waals surface area (Å²) in [6.07, 6.45) is 15.8. The number of aliphatic hydroxyl groups is 2. The molecule has 0 unspecified atom stereocenters. The highest BCUT2D eigenvalue weighted by atomic mass is 79.9. The third-order valence-electron chi connectivity index (χ3n) is 16.5. The number of carbonyl (C=O) groups excluding carboxylic acids is 2. The lowest BCUT2D eigenvalue weighted by Gasteiger charge is -2.50. The van der Waals surface area contributed by atoms with Gasteiger partial charge in [0.05, 0.1) is 23.9 Å². The van der Waals surface area contributed by atoms with Gasteiger partial charge >= 0.3 is 5.97 Å². The Morgan fingerprint density at radius 2 is 1.17 bits per heavy atom. The summed E-state index contributed by atoms with van der Waals surface area (Å²) in [5.41, 5.74) is 10.3. The molecule has 2 N–H and O–H groups in total. The molecule has 0 amide bonds. The first-order chi connectivity index (χ1) is 31.3.